The average molecular weight is 355 g/mol. The molecule has 1 aromatic carbocycles. The summed E-state index contributed by atoms with van der Waals surface area (Å²) < 4.78 is 2.29. The first-order valence-corrected chi connectivity index (χ1v) is 9.34. The maximum Gasteiger partial charge on any atom is 0.129 e. The summed E-state index contributed by atoms with van der Waals surface area (Å²) in [5.41, 5.74) is 0.882. The van der Waals surface area contributed by atoms with E-state index in [0.717, 1.165) is 36.2 Å². The molecule has 4 nitrogen and oxygen atoms in total. The molecule has 3 aromatic rings. The van der Waals surface area contributed by atoms with Gasteiger partial charge in [0, 0.05) is 42.8 Å². The van der Waals surface area contributed by atoms with Gasteiger partial charge in [0.2, 0.25) is 0 Å². The first-order valence-electron chi connectivity index (χ1n) is 8.96. The molecule has 3 heterocycles. The van der Waals surface area contributed by atoms with Crippen molar-refractivity contribution in [2.45, 2.75) is 38.6 Å². The van der Waals surface area contributed by atoms with Gasteiger partial charge in [0.1, 0.15) is 11.6 Å². The van der Waals surface area contributed by atoms with Crippen LogP contribution in [0.3, 0.4) is 0 Å². The summed E-state index contributed by atoms with van der Waals surface area (Å²) in [6.07, 6.45) is 6.34. The lowest BCUT2D eigenvalue weighted by molar-refractivity contribution is 0.453. The largest absolute Gasteiger partial charge is 0.356 e. The number of aromatic nitrogens is 3. The van der Waals surface area contributed by atoms with Gasteiger partial charge in [-0.15, -0.1) is 0 Å². The lowest BCUT2D eigenvalue weighted by atomic mass is 9.96. The van der Waals surface area contributed by atoms with E-state index in [2.05, 4.69) is 52.7 Å². The summed E-state index contributed by atoms with van der Waals surface area (Å²) in [6.45, 7) is 6.39. The topological polar surface area (TPSA) is 34.0 Å². The molecule has 0 bridgehead atoms. The molecule has 1 fully saturated rings. The Bertz CT molecular complexity index is 886. The third-order valence-electron chi connectivity index (χ3n) is 5.02. The fourth-order valence-corrected chi connectivity index (χ4v) is 3.97. The normalized spacial score (nSPS) is 18.2. The molecule has 4 rings (SSSR count). The van der Waals surface area contributed by atoms with Gasteiger partial charge in [-0.05, 0) is 44.9 Å². The highest BCUT2D eigenvalue weighted by Crippen LogP contribution is 2.31. The van der Waals surface area contributed by atoms with E-state index >= 15 is 0 Å². The lowest BCUT2D eigenvalue weighted by Crippen LogP contribution is -2.36. The van der Waals surface area contributed by atoms with Crippen LogP contribution in [-0.4, -0.2) is 27.6 Å². The van der Waals surface area contributed by atoms with Crippen LogP contribution in [0.25, 0.3) is 10.9 Å². The summed E-state index contributed by atoms with van der Waals surface area (Å²) >= 11 is 6.34. The molecule has 0 radical (unpaired) electrons. The van der Waals surface area contributed by atoms with Gasteiger partial charge in [-0.25, -0.2) is 9.97 Å². The Balaban J connectivity index is 1.63. The zero-order valence-corrected chi connectivity index (χ0v) is 15.4. The standard InChI is InChI=1S/C20H23ClN4/c1-14(2)25-12-10-22-20(25)16-6-4-11-24(13-16)18-9-8-15-5-3-7-17(21)19(15)23-18/h3,5,7-10,12,14,16H,4,6,11,13H2,1-2H3/t16-/m1/s1. The highest BCUT2D eigenvalue weighted by Gasteiger charge is 2.26. The van der Waals surface area contributed by atoms with Crippen LogP contribution in [-0.2, 0) is 0 Å². The van der Waals surface area contributed by atoms with Gasteiger partial charge < -0.3 is 9.47 Å². The number of anilines is 1. The third-order valence-corrected chi connectivity index (χ3v) is 5.33. The Morgan fingerprint density at radius 2 is 2.08 bits per heavy atom. The summed E-state index contributed by atoms with van der Waals surface area (Å²) in [7, 11) is 0. The Morgan fingerprint density at radius 1 is 1.20 bits per heavy atom. The maximum atomic E-state index is 6.34. The predicted molar refractivity (Wildman–Crippen MR) is 104 cm³/mol. The number of piperidine rings is 1. The molecule has 1 aliphatic rings. The number of hydrogen-bond acceptors (Lipinski definition) is 3. The number of pyridine rings is 1. The van der Waals surface area contributed by atoms with Crippen molar-refractivity contribution in [3.63, 3.8) is 0 Å². The van der Waals surface area contributed by atoms with Crippen LogP contribution < -0.4 is 4.90 Å². The average Bonchev–Trinajstić information content (AvgIpc) is 3.12. The van der Waals surface area contributed by atoms with Crippen molar-refractivity contribution in [3.8, 4) is 0 Å². The van der Waals surface area contributed by atoms with Crippen LogP contribution in [0.5, 0.6) is 0 Å². The van der Waals surface area contributed by atoms with Crippen LogP contribution >= 0.6 is 11.6 Å². The van der Waals surface area contributed by atoms with Crippen LogP contribution in [0.1, 0.15) is 44.5 Å². The number of rotatable bonds is 3. The third kappa shape index (κ3) is 3.11. The second-order valence-electron chi connectivity index (χ2n) is 7.05. The molecule has 130 valence electrons. The van der Waals surface area contributed by atoms with Gasteiger partial charge in [0.15, 0.2) is 0 Å². The first-order chi connectivity index (χ1) is 12.1. The van der Waals surface area contributed by atoms with Crippen LogP contribution in [0, 0.1) is 0 Å². The van der Waals surface area contributed by atoms with Crippen LogP contribution in [0.4, 0.5) is 5.82 Å². The molecule has 1 aliphatic heterocycles. The number of nitrogens with zero attached hydrogens (tertiary/aromatic N) is 4. The second-order valence-corrected chi connectivity index (χ2v) is 7.46. The summed E-state index contributed by atoms with van der Waals surface area (Å²) in [5, 5.41) is 1.79. The van der Waals surface area contributed by atoms with E-state index < -0.39 is 0 Å². The van der Waals surface area contributed by atoms with Crippen molar-refractivity contribution in [2.75, 3.05) is 18.0 Å². The van der Waals surface area contributed by atoms with Crippen molar-refractivity contribution >= 4 is 28.3 Å². The minimum absolute atomic E-state index is 0.436. The Morgan fingerprint density at radius 3 is 2.92 bits per heavy atom. The highest BCUT2D eigenvalue weighted by atomic mass is 35.5. The Kier molecular flexibility index (Phi) is 4.38. The molecule has 0 saturated carbocycles. The molecular weight excluding hydrogens is 332 g/mol. The molecule has 0 unspecified atom stereocenters. The molecule has 1 saturated heterocycles. The molecule has 0 aliphatic carbocycles. The van der Waals surface area contributed by atoms with Gasteiger partial charge in [-0.3, -0.25) is 0 Å². The number of fused-ring (bicyclic) bond motifs is 1. The highest BCUT2D eigenvalue weighted by molar-refractivity contribution is 6.35. The molecular formula is C20H23ClN4. The van der Waals surface area contributed by atoms with E-state index in [1.54, 1.807) is 0 Å². The summed E-state index contributed by atoms with van der Waals surface area (Å²) in [4.78, 5) is 11.9. The van der Waals surface area contributed by atoms with Gasteiger partial charge in [0.25, 0.3) is 0 Å². The molecule has 2 aromatic heterocycles. The Hall–Kier alpha value is -2.07. The van der Waals surface area contributed by atoms with Crippen molar-refractivity contribution < 1.29 is 0 Å². The zero-order chi connectivity index (χ0) is 17.4. The van der Waals surface area contributed by atoms with Crippen molar-refractivity contribution in [1.82, 2.24) is 14.5 Å². The SMILES string of the molecule is CC(C)n1ccnc1[C@@H]1CCCN(c2ccc3cccc(Cl)c3n2)C1. The molecule has 0 amide bonds. The number of halogens is 1. The van der Waals surface area contributed by atoms with Gasteiger partial charge in [-0.2, -0.15) is 0 Å². The van der Waals surface area contributed by atoms with E-state index in [-0.39, 0.29) is 0 Å². The summed E-state index contributed by atoms with van der Waals surface area (Å²) in [5.74, 6) is 2.64. The monoisotopic (exact) mass is 354 g/mol. The van der Waals surface area contributed by atoms with E-state index in [1.807, 2.05) is 18.3 Å². The zero-order valence-electron chi connectivity index (χ0n) is 14.7. The van der Waals surface area contributed by atoms with Crippen molar-refractivity contribution in [1.29, 1.82) is 0 Å². The fourth-order valence-electron chi connectivity index (χ4n) is 3.75. The predicted octanol–water partition coefficient (Wildman–Crippen LogP) is 5.05. The maximum absolute atomic E-state index is 6.34. The van der Waals surface area contributed by atoms with E-state index in [0.29, 0.717) is 17.0 Å². The number of benzene rings is 1. The Labute approximate surface area is 153 Å². The van der Waals surface area contributed by atoms with Gasteiger partial charge in [0.05, 0.1) is 10.5 Å². The lowest BCUT2D eigenvalue weighted by Gasteiger charge is -2.34. The van der Waals surface area contributed by atoms with Crippen LogP contribution in [0.15, 0.2) is 42.7 Å². The fraction of sp³-hybridized carbons (Fsp3) is 0.400. The quantitative estimate of drug-likeness (QED) is 0.660. The first kappa shape index (κ1) is 16.4. The summed E-state index contributed by atoms with van der Waals surface area (Å²) in [6, 6.07) is 10.6. The van der Waals surface area contributed by atoms with E-state index in [9.17, 15) is 0 Å². The molecule has 5 heteroatoms. The van der Waals surface area contributed by atoms with E-state index in [1.165, 1.54) is 12.2 Å². The molecule has 0 spiro atoms. The van der Waals surface area contributed by atoms with Crippen molar-refractivity contribution in [2.24, 2.45) is 0 Å². The van der Waals surface area contributed by atoms with Gasteiger partial charge >= 0.3 is 0 Å². The molecule has 25 heavy (non-hydrogen) atoms. The molecule has 1 atom stereocenters. The number of para-hydroxylation sites is 1. The van der Waals surface area contributed by atoms with E-state index in [4.69, 9.17) is 16.6 Å². The minimum atomic E-state index is 0.436. The molecule has 0 N–H and O–H groups in total. The number of imidazole rings is 1. The van der Waals surface area contributed by atoms with Crippen LogP contribution in [0.2, 0.25) is 5.02 Å². The van der Waals surface area contributed by atoms with Gasteiger partial charge in [-0.1, -0.05) is 23.7 Å². The number of hydrogen-bond donors (Lipinski definition) is 0. The second kappa shape index (κ2) is 6.68. The smallest absolute Gasteiger partial charge is 0.129 e. The minimum Gasteiger partial charge on any atom is -0.356 e. The van der Waals surface area contributed by atoms with Crippen molar-refractivity contribution in [3.05, 3.63) is 53.6 Å².